The van der Waals surface area contributed by atoms with Crippen molar-refractivity contribution in [2.75, 3.05) is 38.1 Å². The molecule has 0 saturated carbocycles. The van der Waals surface area contributed by atoms with E-state index in [-0.39, 0.29) is 5.82 Å². The molecule has 0 atom stereocenters. The Balaban J connectivity index is 1.68. The Morgan fingerprint density at radius 1 is 1.00 bits per heavy atom. The average molecular weight is 338 g/mol. The fraction of sp³-hybridized carbons (Fsp3) is 0.350. The van der Waals surface area contributed by atoms with Crippen LogP contribution in [0.5, 0.6) is 0 Å². The normalized spacial score (nSPS) is 15.9. The number of aryl methyl sites for hydroxylation is 1. The molecule has 1 fully saturated rings. The van der Waals surface area contributed by atoms with Gasteiger partial charge in [-0.25, -0.2) is 9.37 Å². The van der Waals surface area contributed by atoms with Gasteiger partial charge in [-0.3, -0.25) is 0 Å². The predicted octanol–water partition coefficient (Wildman–Crippen LogP) is 3.61. The van der Waals surface area contributed by atoms with E-state index in [1.165, 1.54) is 11.8 Å². The van der Waals surface area contributed by atoms with Crippen molar-refractivity contribution in [3.05, 3.63) is 48.3 Å². The Morgan fingerprint density at radius 3 is 2.40 bits per heavy atom. The van der Waals surface area contributed by atoms with Gasteiger partial charge in [-0.1, -0.05) is 6.07 Å². The number of hydrogen-bond donors (Lipinski definition) is 0. The predicted molar refractivity (Wildman–Crippen MR) is 101 cm³/mol. The number of hydrogen-bond acceptors (Lipinski definition) is 3. The third-order valence-electron chi connectivity index (χ3n) is 5.04. The lowest BCUT2D eigenvalue weighted by molar-refractivity contribution is 0.313. The number of para-hydroxylation sites is 1. The number of aromatic nitrogens is 2. The third-order valence-corrected chi connectivity index (χ3v) is 5.04. The Kier molecular flexibility index (Phi) is 4.17. The summed E-state index contributed by atoms with van der Waals surface area (Å²) in [5, 5.41) is 0. The van der Waals surface area contributed by atoms with E-state index in [4.69, 9.17) is 0 Å². The van der Waals surface area contributed by atoms with Crippen molar-refractivity contribution in [2.45, 2.75) is 13.5 Å². The SMILES string of the molecule is CCn1c(-c2ccc(N3CCN(C)CC3)cc2)nc2c(F)cccc21. The monoisotopic (exact) mass is 338 g/mol. The van der Waals surface area contributed by atoms with Crippen molar-refractivity contribution >= 4 is 16.7 Å². The fourth-order valence-corrected chi connectivity index (χ4v) is 3.54. The first-order valence-electron chi connectivity index (χ1n) is 8.86. The molecule has 1 aliphatic heterocycles. The van der Waals surface area contributed by atoms with Crippen LogP contribution in [0.1, 0.15) is 6.92 Å². The van der Waals surface area contributed by atoms with Crippen LogP contribution in [0.2, 0.25) is 0 Å². The highest BCUT2D eigenvalue weighted by Gasteiger charge is 2.16. The summed E-state index contributed by atoms with van der Waals surface area (Å²) in [7, 11) is 2.16. The van der Waals surface area contributed by atoms with Crippen LogP contribution >= 0.6 is 0 Å². The van der Waals surface area contributed by atoms with E-state index in [9.17, 15) is 4.39 Å². The number of imidazole rings is 1. The van der Waals surface area contributed by atoms with Gasteiger partial charge in [0.05, 0.1) is 5.52 Å². The van der Waals surface area contributed by atoms with Crippen molar-refractivity contribution in [3.8, 4) is 11.4 Å². The van der Waals surface area contributed by atoms with Crippen LogP contribution in [-0.2, 0) is 6.54 Å². The zero-order chi connectivity index (χ0) is 17.4. The second-order valence-electron chi connectivity index (χ2n) is 6.62. The van der Waals surface area contributed by atoms with Crippen LogP contribution in [0.25, 0.3) is 22.4 Å². The number of nitrogens with zero attached hydrogens (tertiary/aromatic N) is 4. The Bertz CT molecular complexity index is 877. The van der Waals surface area contributed by atoms with Crippen molar-refractivity contribution in [2.24, 2.45) is 0 Å². The van der Waals surface area contributed by atoms with Gasteiger partial charge in [0.1, 0.15) is 11.3 Å². The van der Waals surface area contributed by atoms with Gasteiger partial charge < -0.3 is 14.4 Å². The molecule has 0 radical (unpaired) electrons. The van der Waals surface area contributed by atoms with Gasteiger partial charge in [0.15, 0.2) is 5.82 Å². The fourth-order valence-electron chi connectivity index (χ4n) is 3.54. The van der Waals surface area contributed by atoms with E-state index in [2.05, 4.69) is 57.6 Å². The van der Waals surface area contributed by atoms with E-state index in [0.29, 0.717) is 5.52 Å². The number of benzene rings is 2. The number of anilines is 1. The minimum absolute atomic E-state index is 0.264. The molecule has 1 aromatic heterocycles. The van der Waals surface area contributed by atoms with Crippen molar-refractivity contribution < 1.29 is 4.39 Å². The Hall–Kier alpha value is -2.40. The second-order valence-corrected chi connectivity index (χ2v) is 6.62. The summed E-state index contributed by atoms with van der Waals surface area (Å²) in [6.07, 6.45) is 0. The van der Waals surface area contributed by atoms with Crippen molar-refractivity contribution in [3.63, 3.8) is 0 Å². The molecule has 3 aromatic rings. The zero-order valence-electron chi connectivity index (χ0n) is 14.7. The summed E-state index contributed by atoms with van der Waals surface area (Å²) in [6.45, 7) is 7.10. The highest BCUT2D eigenvalue weighted by molar-refractivity contribution is 5.81. The van der Waals surface area contributed by atoms with Crippen LogP contribution in [0.3, 0.4) is 0 Å². The van der Waals surface area contributed by atoms with Crippen LogP contribution in [-0.4, -0.2) is 47.7 Å². The number of halogens is 1. The van der Waals surface area contributed by atoms with Crippen LogP contribution < -0.4 is 4.90 Å². The maximum atomic E-state index is 14.1. The molecular formula is C20H23FN4. The van der Waals surface area contributed by atoms with Gasteiger partial charge in [0, 0.05) is 44.0 Å². The maximum absolute atomic E-state index is 14.1. The van der Waals surface area contributed by atoms with Gasteiger partial charge in [0.25, 0.3) is 0 Å². The highest BCUT2D eigenvalue weighted by Crippen LogP contribution is 2.28. The molecule has 0 unspecified atom stereocenters. The molecule has 5 heteroatoms. The molecule has 4 nitrogen and oxygen atoms in total. The molecule has 1 saturated heterocycles. The molecule has 4 rings (SSSR count). The van der Waals surface area contributed by atoms with Crippen LogP contribution in [0.15, 0.2) is 42.5 Å². The first-order chi connectivity index (χ1) is 12.2. The molecule has 25 heavy (non-hydrogen) atoms. The quantitative estimate of drug-likeness (QED) is 0.729. The summed E-state index contributed by atoms with van der Waals surface area (Å²) in [6, 6.07) is 13.6. The Labute approximate surface area is 147 Å². The number of fused-ring (bicyclic) bond motifs is 1. The second kappa shape index (κ2) is 6.48. The van der Waals surface area contributed by atoms with E-state index in [0.717, 1.165) is 49.6 Å². The van der Waals surface area contributed by atoms with E-state index in [1.54, 1.807) is 6.07 Å². The van der Waals surface area contributed by atoms with Gasteiger partial charge in [-0.05, 0) is 50.4 Å². The lowest BCUT2D eigenvalue weighted by Gasteiger charge is -2.34. The van der Waals surface area contributed by atoms with Crippen molar-refractivity contribution in [1.29, 1.82) is 0 Å². The summed E-state index contributed by atoms with van der Waals surface area (Å²) in [5.41, 5.74) is 3.56. The third kappa shape index (κ3) is 2.89. The molecule has 130 valence electrons. The summed E-state index contributed by atoms with van der Waals surface area (Å²) in [4.78, 5) is 9.33. The highest BCUT2D eigenvalue weighted by atomic mass is 19.1. The summed E-state index contributed by atoms with van der Waals surface area (Å²) in [5.74, 6) is 0.563. The largest absolute Gasteiger partial charge is 0.369 e. The molecule has 0 N–H and O–H groups in total. The standard InChI is InChI=1S/C20H23FN4/c1-3-25-18-6-4-5-17(21)19(18)22-20(25)15-7-9-16(10-8-15)24-13-11-23(2)12-14-24/h4-10H,3,11-14H2,1-2H3. The smallest absolute Gasteiger partial charge is 0.151 e. The number of piperazine rings is 1. The average Bonchev–Trinajstić information content (AvgIpc) is 3.02. The van der Waals surface area contributed by atoms with Gasteiger partial charge >= 0.3 is 0 Å². The lowest BCUT2D eigenvalue weighted by Crippen LogP contribution is -2.44. The van der Waals surface area contributed by atoms with Crippen LogP contribution in [0.4, 0.5) is 10.1 Å². The minimum atomic E-state index is -0.264. The molecule has 2 heterocycles. The van der Waals surface area contributed by atoms with Crippen molar-refractivity contribution in [1.82, 2.24) is 14.5 Å². The molecular weight excluding hydrogens is 315 g/mol. The van der Waals surface area contributed by atoms with E-state index in [1.807, 2.05) is 6.07 Å². The molecule has 2 aromatic carbocycles. The summed E-state index contributed by atoms with van der Waals surface area (Å²) < 4.78 is 16.2. The molecule has 0 amide bonds. The molecule has 0 spiro atoms. The lowest BCUT2D eigenvalue weighted by atomic mass is 10.1. The van der Waals surface area contributed by atoms with Crippen LogP contribution in [0, 0.1) is 5.82 Å². The maximum Gasteiger partial charge on any atom is 0.151 e. The first kappa shape index (κ1) is 16.1. The van der Waals surface area contributed by atoms with Gasteiger partial charge in [-0.2, -0.15) is 0 Å². The molecule has 0 bridgehead atoms. The van der Waals surface area contributed by atoms with E-state index < -0.39 is 0 Å². The van der Waals surface area contributed by atoms with Gasteiger partial charge in [0.2, 0.25) is 0 Å². The first-order valence-corrected chi connectivity index (χ1v) is 8.86. The molecule has 0 aliphatic carbocycles. The summed E-state index contributed by atoms with van der Waals surface area (Å²) >= 11 is 0. The molecule has 1 aliphatic rings. The van der Waals surface area contributed by atoms with Gasteiger partial charge in [-0.15, -0.1) is 0 Å². The number of likely N-dealkylation sites (N-methyl/N-ethyl adjacent to an activating group) is 1. The topological polar surface area (TPSA) is 24.3 Å². The Morgan fingerprint density at radius 2 is 1.72 bits per heavy atom. The van der Waals surface area contributed by atoms with E-state index >= 15 is 0 Å². The minimum Gasteiger partial charge on any atom is -0.369 e. The number of rotatable bonds is 3. The zero-order valence-corrected chi connectivity index (χ0v) is 14.7.